The van der Waals surface area contributed by atoms with E-state index >= 15 is 0 Å². The van der Waals surface area contributed by atoms with Gasteiger partial charge >= 0.3 is 6.18 Å². The molecule has 1 aromatic rings. The molecule has 1 saturated heterocycles. The fourth-order valence-electron chi connectivity index (χ4n) is 2.99. The van der Waals surface area contributed by atoms with Crippen LogP contribution >= 0.6 is 0 Å². The van der Waals surface area contributed by atoms with Gasteiger partial charge in [-0.3, -0.25) is 9.48 Å². The van der Waals surface area contributed by atoms with E-state index in [-0.39, 0.29) is 5.92 Å². The molecule has 0 aliphatic carbocycles. The van der Waals surface area contributed by atoms with Crippen LogP contribution in [0.3, 0.4) is 0 Å². The number of halogens is 3. The lowest BCUT2D eigenvalue weighted by molar-refractivity contribution is -0.146. The van der Waals surface area contributed by atoms with Crippen molar-refractivity contribution in [1.29, 1.82) is 0 Å². The van der Waals surface area contributed by atoms with E-state index in [4.69, 9.17) is 0 Å². The molecule has 1 N–H and O–H groups in total. The zero-order valence-corrected chi connectivity index (χ0v) is 14.6. The molecule has 0 radical (unpaired) electrons. The summed E-state index contributed by atoms with van der Waals surface area (Å²) in [6.07, 6.45) is -2.68. The Bertz CT molecular complexity index is 589. The van der Waals surface area contributed by atoms with Crippen LogP contribution in [0.1, 0.15) is 50.2 Å². The van der Waals surface area contributed by atoms with Gasteiger partial charge in [0.1, 0.15) is 0 Å². The molecule has 0 spiro atoms. The van der Waals surface area contributed by atoms with E-state index < -0.39 is 28.9 Å². The number of hydrogen-bond acceptors (Lipinski definition) is 3. The van der Waals surface area contributed by atoms with Crippen molar-refractivity contribution in [1.82, 2.24) is 20.0 Å². The maximum atomic E-state index is 13.4. The van der Waals surface area contributed by atoms with E-state index in [0.717, 1.165) is 36.9 Å². The van der Waals surface area contributed by atoms with Crippen molar-refractivity contribution >= 4 is 5.91 Å². The number of alkyl halides is 3. The summed E-state index contributed by atoms with van der Waals surface area (Å²) in [4.78, 5) is 14.5. The highest BCUT2D eigenvalue weighted by Gasteiger charge is 2.42. The lowest BCUT2D eigenvalue weighted by Crippen LogP contribution is -2.34. The van der Waals surface area contributed by atoms with Crippen molar-refractivity contribution in [2.45, 2.75) is 45.8 Å². The van der Waals surface area contributed by atoms with Crippen LogP contribution in [0.5, 0.6) is 0 Å². The predicted octanol–water partition coefficient (Wildman–Crippen LogP) is 2.73. The minimum Gasteiger partial charge on any atom is -0.352 e. The maximum absolute atomic E-state index is 13.4. The van der Waals surface area contributed by atoms with Crippen molar-refractivity contribution in [3.63, 3.8) is 0 Å². The van der Waals surface area contributed by atoms with Crippen LogP contribution in [-0.2, 0) is 11.7 Å². The lowest BCUT2D eigenvalue weighted by atomic mass is 10.1. The third-order valence-corrected chi connectivity index (χ3v) is 4.29. The number of nitrogens with zero attached hydrogens (tertiary/aromatic N) is 3. The second-order valence-electron chi connectivity index (χ2n) is 7.25. The summed E-state index contributed by atoms with van der Waals surface area (Å²) in [7, 11) is 0. The number of aromatic nitrogens is 2. The standard InChI is InChI=1S/C16H25F3N4O/c1-5-22-7-6-11(10-22)8-20-14(24)12-9-21-23(15(2,3)4)13(12)16(17,18)19/h9,11H,5-8,10H2,1-4H3,(H,20,24)/t11-/m0/s1. The van der Waals surface area contributed by atoms with Gasteiger partial charge in [-0.05, 0) is 46.2 Å². The highest BCUT2D eigenvalue weighted by molar-refractivity contribution is 5.95. The summed E-state index contributed by atoms with van der Waals surface area (Å²) in [5.74, 6) is -0.436. The zero-order chi connectivity index (χ0) is 18.1. The quantitative estimate of drug-likeness (QED) is 0.912. The monoisotopic (exact) mass is 346 g/mol. The molecule has 5 nitrogen and oxygen atoms in total. The van der Waals surface area contributed by atoms with Crippen LogP contribution in [0.4, 0.5) is 13.2 Å². The van der Waals surface area contributed by atoms with Gasteiger partial charge in [-0.2, -0.15) is 18.3 Å². The van der Waals surface area contributed by atoms with Gasteiger partial charge in [-0.1, -0.05) is 6.92 Å². The first-order valence-corrected chi connectivity index (χ1v) is 8.20. The molecule has 2 rings (SSSR count). The van der Waals surface area contributed by atoms with Crippen LogP contribution in [0, 0.1) is 5.92 Å². The highest BCUT2D eigenvalue weighted by atomic mass is 19.4. The Hall–Kier alpha value is -1.57. The Kier molecular flexibility index (Phi) is 5.27. The Morgan fingerprint density at radius 2 is 2.04 bits per heavy atom. The third kappa shape index (κ3) is 4.09. The molecule has 2 heterocycles. The van der Waals surface area contributed by atoms with Crippen molar-refractivity contribution in [3.05, 3.63) is 17.5 Å². The van der Waals surface area contributed by atoms with Crippen LogP contribution < -0.4 is 5.32 Å². The molecule has 1 atom stereocenters. The van der Waals surface area contributed by atoms with Gasteiger partial charge in [0.05, 0.1) is 17.3 Å². The van der Waals surface area contributed by atoms with Crippen molar-refractivity contribution in [3.8, 4) is 0 Å². The SMILES string of the molecule is CCN1CC[C@@H](CNC(=O)c2cnn(C(C)(C)C)c2C(F)(F)F)C1. The summed E-state index contributed by atoms with van der Waals surface area (Å²) >= 11 is 0. The summed E-state index contributed by atoms with van der Waals surface area (Å²) in [6.45, 7) is 10.1. The first kappa shape index (κ1) is 18.8. The van der Waals surface area contributed by atoms with E-state index in [9.17, 15) is 18.0 Å². The first-order valence-electron chi connectivity index (χ1n) is 8.20. The fraction of sp³-hybridized carbons (Fsp3) is 0.750. The third-order valence-electron chi connectivity index (χ3n) is 4.29. The average molecular weight is 346 g/mol. The van der Waals surface area contributed by atoms with E-state index in [0.29, 0.717) is 6.54 Å². The van der Waals surface area contributed by atoms with Gasteiger partial charge in [0, 0.05) is 13.1 Å². The Labute approximate surface area is 140 Å². The first-order chi connectivity index (χ1) is 11.0. The van der Waals surface area contributed by atoms with Gasteiger partial charge in [0.25, 0.3) is 5.91 Å². The normalized spacial score (nSPS) is 19.7. The van der Waals surface area contributed by atoms with Gasteiger partial charge < -0.3 is 10.2 Å². The Morgan fingerprint density at radius 3 is 2.54 bits per heavy atom. The summed E-state index contributed by atoms with van der Waals surface area (Å²) < 4.78 is 41.1. The van der Waals surface area contributed by atoms with Gasteiger partial charge in [0.15, 0.2) is 5.69 Å². The molecule has 0 saturated carbocycles. The predicted molar refractivity (Wildman–Crippen MR) is 84.8 cm³/mol. The van der Waals surface area contributed by atoms with Gasteiger partial charge in [0.2, 0.25) is 0 Å². The molecule has 0 unspecified atom stereocenters. The number of rotatable bonds is 4. The lowest BCUT2D eigenvalue weighted by Gasteiger charge is -2.24. The van der Waals surface area contributed by atoms with Crippen LogP contribution in [0.15, 0.2) is 6.20 Å². The molecule has 1 aliphatic rings. The van der Waals surface area contributed by atoms with Crippen LogP contribution in [-0.4, -0.2) is 46.8 Å². The van der Waals surface area contributed by atoms with Gasteiger partial charge in [-0.25, -0.2) is 0 Å². The van der Waals surface area contributed by atoms with E-state index in [1.165, 1.54) is 0 Å². The second-order valence-corrected chi connectivity index (χ2v) is 7.25. The number of nitrogens with one attached hydrogen (secondary N) is 1. The van der Waals surface area contributed by atoms with Gasteiger partial charge in [-0.15, -0.1) is 0 Å². The van der Waals surface area contributed by atoms with Crippen molar-refractivity contribution < 1.29 is 18.0 Å². The fourth-order valence-corrected chi connectivity index (χ4v) is 2.99. The smallest absolute Gasteiger partial charge is 0.352 e. The number of hydrogen-bond donors (Lipinski definition) is 1. The number of carbonyl (C=O) groups is 1. The average Bonchev–Trinajstić information content (AvgIpc) is 3.10. The van der Waals surface area contributed by atoms with Crippen LogP contribution in [0.25, 0.3) is 0 Å². The number of carbonyl (C=O) groups excluding carboxylic acids is 1. The Morgan fingerprint density at radius 1 is 1.38 bits per heavy atom. The topological polar surface area (TPSA) is 50.2 Å². The molecule has 1 amide bonds. The van der Waals surface area contributed by atoms with E-state index in [1.807, 2.05) is 0 Å². The second kappa shape index (κ2) is 6.74. The minimum atomic E-state index is -4.64. The summed E-state index contributed by atoms with van der Waals surface area (Å²) in [5, 5.41) is 6.45. The van der Waals surface area contributed by atoms with Crippen LogP contribution in [0.2, 0.25) is 0 Å². The summed E-state index contributed by atoms with van der Waals surface area (Å²) in [6, 6.07) is 0. The highest BCUT2D eigenvalue weighted by Crippen LogP contribution is 2.34. The summed E-state index contributed by atoms with van der Waals surface area (Å²) in [5.41, 5.74) is -2.27. The molecular formula is C16H25F3N4O. The Balaban J connectivity index is 2.14. The van der Waals surface area contributed by atoms with Crippen molar-refractivity contribution in [2.75, 3.05) is 26.2 Å². The molecule has 1 fully saturated rings. The molecule has 24 heavy (non-hydrogen) atoms. The van der Waals surface area contributed by atoms with E-state index in [1.54, 1.807) is 20.8 Å². The zero-order valence-electron chi connectivity index (χ0n) is 14.6. The molecule has 0 aromatic carbocycles. The molecule has 1 aromatic heterocycles. The molecule has 0 bridgehead atoms. The maximum Gasteiger partial charge on any atom is 0.433 e. The molecular weight excluding hydrogens is 321 g/mol. The molecule has 8 heteroatoms. The number of amides is 1. The largest absolute Gasteiger partial charge is 0.433 e. The minimum absolute atomic E-state index is 0.279. The number of likely N-dealkylation sites (tertiary alicyclic amines) is 1. The van der Waals surface area contributed by atoms with E-state index in [2.05, 4.69) is 22.2 Å². The molecule has 1 aliphatic heterocycles. The van der Waals surface area contributed by atoms with Crippen molar-refractivity contribution in [2.24, 2.45) is 5.92 Å². The molecule has 136 valence electrons.